The Morgan fingerprint density at radius 1 is 1.11 bits per heavy atom. The third-order valence-corrected chi connectivity index (χ3v) is 5.17. The second kappa shape index (κ2) is 7.03. The fourth-order valence-corrected chi connectivity index (χ4v) is 3.84. The van der Waals surface area contributed by atoms with Crippen LogP contribution in [0.3, 0.4) is 0 Å². The molecule has 1 saturated heterocycles. The smallest absolute Gasteiger partial charge is 0.247 e. The van der Waals surface area contributed by atoms with E-state index >= 15 is 0 Å². The minimum atomic E-state index is -0.0420. The van der Waals surface area contributed by atoms with Crippen molar-refractivity contribution in [1.82, 2.24) is 9.88 Å². The SMILES string of the molecule is O=C(C=Cc1nc2ccccc2o1)N1CCCC1c1ccc2c(c1)OCCO2. The van der Waals surface area contributed by atoms with Crippen molar-refractivity contribution in [1.29, 1.82) is 0 Å². The summed E-state index contributed by atoms with van der Waals surface area (Å²) in [5, 5.41) is 0. The molecule has 5 rings (SSSR count). The van der Waals surface area contributed by atoms with Crippen LogP contribution in [0.1, 0.15) is 30.3 Å². The molecule has 1 fully saturated rings. The Kier molecular flexibility index (Phi) is 4.24. The van der Waals surface area contributed by atoms with Gasteiger partial charge in [0.2, 0.25) is 11.8 Å². The predicted molar refractivity (Wildman–Crippen MR) is 104 cm³/mol. The molecule has 142 valence electrons. The Morgan fingerprint density at radius 3 is 2.86 bits per heavy atom. The molecule has 1 unspecified atom stereocenters. The van der Waals surface area contributed by atoms with Gasteiger partial charge in [-0.25, -0.2) is 4.98 Å². The van der Waals surface area contributed by atoms with Gasteiger partial charge in [-0.1, -0.05) is 18.2 Å². The lowest BCUT2D eigenvalue weighted by Gasteiger charge is -2.25. The number of hydrogen-bond donors (Lipinski definition) is 0. The number of oxazole rings is 1. The first-order chi connectivity index (χ1) is 13.8. The molecule has 2 aromatic carbocycles. The molecule has 3 aromatic rings. The van der Waals surface area contributed by atoms with Crippen molar-refractivity contribution in [3.05, 3.63) is 60.0 Å². The van der Waals surface area contributed by atoms with E-state index in [2.05, 4.69) is 4.98 Å². The summed E-state index contributed by atoms with van der Waals surface area (Å²) in [5.74, 6) is 1.91. The Morgan fingerprint density at radius 2 is 1.96 bits per heavy atom. The molecule has 0 spiro atoms. The number of ether oxygens (including phenoxy) is 2. The Balaban J connectivity index is 1.35. The van der Waals surface area contributed by atoms with Crippen LogP contribution in [0, 0.1) is 0 Å². The molecule has 0 bridgehead atoms. The van der Waals surface area contributed by atoms with Crippen LogP contribution in [-0.4, -0.2) is 35.5 Å². The molecule has 28 heavy (non-hydrogen) atoms. The van der Waals surface area contributed by atoms with E-state index in [0.717, 1.165) is 42.0 Å². The molecule has 2 aliphatic heterocycles. The number of amides is 1. The predicted octanol–water partition coefficient (Wildman–Crippen LogP) is 3.98. The minimum Gasteiger partial charge on any atom is -0.486 e. The quantitative estimate of drug-likeness (QED) is 0.647. The highest BCUT2D eigenvalue weighted by molar-refractivity contribution is 5.92. The van der Waals surface area contributed by atoms with E-state index in [1.165, 1.54) is 0 Å². The maximum absolute atomic E-state index is 12.8. The highest BCUT2D eigenvalue weighted by Gasteiger charge is 2.29. The van der Waals surface area contributed by atoms with Crippen LogP contribution in [-0.2, 0) is 4.79 Å². The summed E-state index contributed by atoms with van der Waals surface area (Å²) in [4.78, 5) is 19.1. The van der Waals surface area contributed by atoms with E-state index in [1.807, 2.05) is 47.4 Å². The molecular formula is C22H20N2O4. The van der Waals surface area contributed by atoms with Crippen molar-refractivity contribution >= 4 is 23.1 Å². The zero-order chi connectivity index (χ0) is 18.9. The summed E-state index contributed by atoms with van der Waals surface area (Å²) in [5.41, 5.74) is 2.57. The molecule has 0 N–H and O–H groups in total. The second-order valence-electron chi connectivity index (χ2n) is 6.95. The van der Waals surface area contributed by atoms with Gasteiger partial charge in [-0.3, -0.25) is 4.79 Å². The number of rotatable bonds is 3. The second-order valence-corrected chi connectivity index (χ2v) is 6.95. The van der Waals surface area contributed by atoms with Gasteiger partial charge in [-0.15, -0.1) is 0 Å². The van der Waals surface area contributed by atoms with E-state index in [0.29, 0.717) is 24.7 Å². The maximum atomic E-state index is 12.8. The summed E-state index contributed by atoms with van der Waals surface area (Å²) >= 11 is 0. The molecule has 6 nitrogen and oxygen atoms in total. The van der Waals surface area contributed by atoms with Gasteiger partial charge in [0.25, 0.3) is 0 Å². The van der Waals surface area contributed by atoms with Crippen LogP contribution in [0.25, 0.3) is 17.2 Å². The molecule has 3 heterocycles. The number of aromatic nitrogens is 1. The lowest BCUT2D eigenvalue weighted by atomic mass is 10.0. The highest BCUT2D eigenvalue weighted by atomic mass is 16.6. The first-order valence-corrected chi connectivity index (χ1v) is 9.52. The third-order valence-electron chi connectivity index (χ3n) is 5.17. The first-order valence-electron chi connectivity index (χ1n) is 9.52. The zero-order valence-corrected chi connectivity index (χ0v) is 15.3. The van der Waals surface area contributed by atoms with E-state index in [1.54, 1.807) is 12.2 Å². The summed E-state index contributed by atoms with van der Waals surface area (Å²) in [6.07, 6.45) is 5.09. The van der Waals surface area contributed by atoms with E-state index in [4.69, 9.17) is 13.9 Å². The Bertz CT molecular complexity index is 1020. The number of carbonyl (C=O) groups is 1. The van der Waals surface area contributed by atoms with Gasteiger partial charge in [0.05, 0.1) is 6.04 Å². The lowest BCUT2D eigenvalue weighted by Crippen LogP contribution is -2.29. The monoisotopic (exact) mass is 376 g/mol. The highest BCUT2D eigenvalue weighted by Crippen LogP contribution is 2.38. The molecule has 0 radical (unpaired) electrons. The van der Waals surface area contributed by atoms with Crippen molar-refractivity contribution < 1.29 is 18.7 Å². The number of hydrogen-bond acceptors (Lipinski definition) is 5. The van der Waals surface area contributed by atoms with Gasteiger partial charge in [0.15, 0.2) is 17.1 Å². The number of likely N-dealkylation sites (tertiary alicyclic amines) is 1. The molecule has 1 amide bonds. The van der Waals surface area contributed by atoms with Gasteiger partial charge < -0.3 is 18.8 Å². The average Bonchev–Trinajstić information content (AvgIpc) is 3.38. The van der Waals surface area contributed by atoms with Crippen LogP contribution in [0.4, 0.5) is 0 Å². The maximum Gasteiger partial charge on any atom is 0.247 e. The number of benzene rings is 2. The van der Waals surface area contributed by atoms with Crippen molar-refractivity contribution in [2.24, 2.45) is 0 Å². The molecule has 1 atom stereocenters. The summed E-state index contributed by atoms with van der Waals surface area (Å²) in [7, 11) is 0. The Labute approximate surface area is 162 Å². The Hall–Kier alpha value is -3.28. The normalized spacial score (nSPS) is 18.9. The number of carbonyl (C=O) groups excluding carboxylic acids is 1. The molecule has 0 aliphatic carbocycles. The van der Waals surface area contributed by atoms with Crippen LogP contribution >= 0.6 is 0 Å². The summed E-state index contributed by atoms with van der Waals surface area (Å²) in [6, 6.07) is 13.5. The van der Waals surface area contributed by atoms with Gasteiger partial charge >= 0.3 is 0 Å². The van der Waals surface area contributed by atoms with E-state index < -0.39 is 0 Å². The van der Waals surface area contributed by atoms with Crippen LogP contribution in [0.5, 0.6) is 11.5 Å². The van der Waals surface area contributed by atoms with Crippen molar-refractivity contribution in [2.45, 2.75) is 18.9 Å². The zero-order valence-electron chi connectivity index (χ0n) is 15.3. The largest absolute Gasteiger partial charge is 0.486 e. The number of para-hydroxylation sites is 2. The van der Waals surface area contributed by atoms with Gasteiger partial charge in [0.1, 0.15) is 18.7 Å². The van der Waals surface area contributed by atoms with Gasteiger partial charge in [0, 0.05) is 18.7 Å². The fourth-order valence-electron chi connectivity index (χ4n) is 3.84. The number of fused-ring (bicyclic) bond motifs is 2. The van der Waals surface area contributed by atoms with Crippen LogP contribution in [0.2, 0.25) is 0 Å². The standard InChI is InChI=1S/C22H20N2O4/c25-22(10-9-21-23-16-4-1-2-6-18(16)28-21)24-11-3-5-17(24)15-7-8-19-20(14-15)27-13-12-26-19/h1-2,4,6-10,14,17H,3,5,11-13H2. The topological polar surface area (TPSA) is 64.8 Å². The van der Waals surface area contributed by atoms with Crippen molar-refractivity contribution in [3.8, 4) is 11.5 Å². The number of nitrogens with zero attached hydrogens (tertiary/aromatic N) is 2. The average molecular weight is 376 g/mol. The van der Waals surface area contributed by atoms with E-state index in [9.17, 15) is 4.79 Å². The molecule has 6 heteroatoms. The van der Waals surface area contributed by atoms with Crippen molar-refractivity contribution in [3.63, 3.8) is 0 Å². The molecule has 1 aromatic heterocycles. The van der Waals surface area contributed by atoms with Gasteiger partial charge in [-0.05, 0) is 42.7 Å². The fraction of sp³-hybridized carbons (Fsp3) is 0.273. The summed E-state index contributed by atoms with van der Waals surface area (Å²) < 4.78 is 16.9. The third kappa shape index (κ3) is 3.11. The van der Waals surface area contributed by atoms with Crippen molar-refractivity contribution in [2.75, 3.05) is 19.8 Å². The lowest BCUT2D eigenvalue weighted by molar-refractivity contribution is -0.126. The first kappa shape index (κ1) is 16.9. The van der Waals surface area contributed by atoms with Gasteiger partial charge in [-0.2, -0.15) is 0 Å². The van der Waals surface area contributed by atoms with Crippen LogP contribution in [0.15, 0.2) is 53.0 Å². The summed E-state index contributed by atoms with van der Waals surface area (Å²) in [6.45, 7) is 1.86. The minimum absolute atomic E-state index is 0.0385. The molecule has 0 saturated carbocycles. The molecule has 2 aliphatic rings. The molecular weight excluding hydrogens is 356 g/mol. The van der Waals surface area contributed by atoms with Crippen LogP contribution < -0.4 is 9.47 Å². The van der Waals surface area contributed by atoms with E-state index in [-0.39, 0.29) is 11.9 Å².